The lowest BCUT2D eigenvalue weighted by Crippen LogP contribution is -2.36. The van der Waals surface area contributed by atoms with Gasteiger partial charge in [0.15, 0.2) is 0 Å². The quantitative estimate of drug-likeness (QED) is 0.920. The summed E-state index contributed by atoms with van der Waals surface area (Å²) >= 11 is 3.43. The van der Waals surface area contributed by atoms with Crippen molar-refractivity contribution in [1.82, 2.24) is 4.72 Å². The van der Waals surface area contributed by atoms with Crippen molar-refractivity contribution in [3.63, 3.8) is 0 Å². The number of hydrogen-bond donors (Lipinski definition) is 1. The molecule has 0 bridgehead atoms. The highest BCUT2D eigenvalue weighted by molar-refractivity contribution is 9.10. The van der Waals surface area contributed by atoms with Crippen molar-refractivity contribution in [2.75, 3.05) is 24.2 Å². The van der Waals surface area contributed by atoms with Crippen LogP contribution in [0.3, 0.4) is 0 Å². The monoisotopic (exact) mass is 318 g/mol. The van der Waals surface area contributed by atoms with Gasteiger partial charge in [0.25, 0.3) is 0 Å². The summed E-state index contributed by atoms with van der Waals surface area (Å²) in [4.78, 5) is 2.19. The fourth-order valence-electron chi connectivity index (χ4n) is 2.07. The van der Waals surface area contributed by atoms with Crippen LogP contribution >= 0.6 is 15.9 Å². The van der Waals surface area contributed by atoms with Crippen LogP contribution in [-0.2, 0) is 10.0 Å². The molecule has 0 amide bonds. The Morgan fingerprint density at radius 1 is 1.47 bits per heavy atom. The molecule has 1 fully saturated rings. The Kier molecular flexibility index (Phi) is 3.75. The summed E-state index contributed by atoms with van der Waals surface area (Å²) in [5.41, 5.74) is 1.12. The summed E-state index contributed by atoms with van der Waals surface area (Å²) in [6.45, 7) is 1.60. The minimum absolute atomic E-state index is 0.0176. The zero-order valence-electron chi connectivity index (χ0n) is 9.56. The molecule has 0 aromatic heterocycles. The zero-order valence-corrected chi connectivity index (χ0v) is 12.0. The maximum Gasteiger partial charge on any atom is 0.209 e. The van der Waals surface area contributed by atoms with Gasteiger partial charge in [0.2, 0.25) is 10.0 Å². The lowest BCUT2D eigenvalue weighted by atomic mass is 10.3. The summed E-state index contributed by atoms with van der Waals surface area (Å²) in [7, 11) is -3.11. The first kappa shape index (κ1) is 12.9. The first-order chi connectivity index (χ1) is 7.94. The molecule has 0 unspecified atom stereocenters. The molecule has 94 valence electrons. The smallest absolute Gasteiger partial charge is 0.209 e. The lowest BCUT2D eigenvalue weighted by Gasteiger charge is -2.19. The van der Waals surface area contributed by atoms with E-state index in [-0.39, 0.29) is 6.04 Å². The molecule has 1 aromatic rings. The van der Waals surface area contributed by atoms with Crippen molar-refractivity contribution < 1.29 is 8.42 Å². The highest BCUT2D eigenvalue weighted by atomic mass is 79.9. The minimum Gasteiger partial charge on any atom is -0.370 e. The summed E-state index contributed by atoms with van der Waals surface area (Å²) in [5, 5.41) is 0. The number of nitrogens with zero attached hydrogens (tertiary/aromatic N) is 1. The Hall–Kier alpha value is -0.590. The zero-order chi connectivity index (χ0) is 12.5. The van der Waals surface area contributed by atoms with E-state index in [2.05, 4.69) is 25.6 Å². The maximum atomic E-state index is 11.1. The molecule has 17 heavy (non-hydrogen) atoms. The van der Waals surface area contributed by atoms with Crippen molar-refractivity contribution in [2.24, 2.45) is 0 Å². The van der Waals surface area contributed by atoms with Gasteiger partial charge in [-0.1, -0.05) is 22.0 Å². The van der Waals surface area contributed by atoms with Crippen LogP contribution in [0.25, 0.3) is 0 Å². The van der Waals surface area contributed by atoms with Crippen molar-refractivity contribution in [1.29, 1.82) is 0 Å². The Balaban J connectivity index is 2.03. The summed E-state index contributed by atoms with van der Waals surface area (Å²) in [5.74, 6) is 0. The molecule has 0 saturated carbocycles. The van der Waals surface area contributed by atoms with Gasteiger partial charge in [-0.25, -0.2) is 13.1 Å². The van der Waals surface area contributed by atoms with Gasteiger partial charge in [-0.05, 0) is 24.6 Å². The predicted octanol–water partition coefficient (Wildman–Crippen LogP) is 1.58. The van der Waals surface area contributed by atoms with E-state index in [1.54, 1.807) is 0 Å². The van der Waals surface area contributed by atoms with Crippen molar-refractivity contribution in [2.45, 2.75) is 12.5 Å². The number of sulfonamides is 1. The Morgan fingerprint density at radius 2 is 2.24 bits per heavy atom. The molecule has 2 rings (SSSR count). The van der Waals surface area contributed by atoms with E-state index < -0.39 is 10.0 Å². The molecule has 1 heterocycles. The molecule has 0 aliphatic carbocycles. The van der Waals surface area contributed by atoms with Gasteiger partial charge in [-0.2, -0.15) is 0 Å². The van der Waals surface area contributed by atoms with Crippen LogP contribution in [0.5, 0.6) is 0 Å². The third kappa shape index (κ3) is 3.69. The topological polar surface area (TPSA) is 49.4 Å². The number of halogens is 1. The molecule has 0 spiro atoms. The SMILES string of the molecule is CS(=O)(=O)N[C@@H]1CCN(c2cccc(Br)c2)C1. The van der Waals surface area contributed by atoms with E-state index in [9.17, 15) is 8.42 Å². The van der Waals surface area contributed by atoms with E-state index in [1.165, 1.54) is 6.26 Å². The standard InChI is InChI=1S/C11H15BrN2O2S/c1-17(15,16)13-10-5-6-14(8-10)11-4-2-3-9(12)7-11/h2-4,7,10,13H,5-6,8H2,1H3/t10-/m1/s1. The average Bonchev–Trinajstić information content (AvgIpc) is 2.63. The number of rotatable bonds is 3. The fraction of sp³-hybridized carbons (Fsp3) is 0.455. The number of nitrogens with one attached hydrogen (secondary N) is 1. The van der Waals surface area contributed by atoms with Crippen LogP contribution in [0, 0.1) is 0 Å². The van der Waals surface area contributed by atoms with Crippen LogP contribution in [0.1, 0.15) is 6.42 Å². The second-order valence-electron chi connectivity index (χ2n) is 4.30. The second-order valence-corrected chi connectivity index (χ2v) is 7.00. The Morgan fingerprint density at radius 3 is 2.88 bits per heavy atom. The van der Waals surface area contributed by atoms with Gasteiger partial charge in [-0.3, -0.25) is 0 Å². The minimum atomic E-state index is -3.11. The van der Waals surface area contributed by atoms with E-state index in [0.29, 0.717) is 0 Å². The highest BCUT2D eigenvalue weighted by Gasteiger charge is 2.24. The second kappa shape index (κ2) is 4.96. The summed E-state index contributed by atoms with van der Waals surface area (Å²) in [6.07, 6.45) is 2.05. The molecule has 1 atom stereocenters. The van der Waals surface area contributed by atoms with Crippen molar-refractivity contribution in [3.05, 3.63) is 28.7 Å². The van der Waals surface area contributed by atoms with Gasteiger partial charge in [0.1, 0.15) is 0 Å². The van der Waals surface area contributed by atoms with Crippen LogP contribution in [0.4, 0.5) is 5.69 Å². The van der Waals surface area contributed by atoms with Crippen LogP contribution in [0.15, 0.2) is 28.7 Å². The van der Waals surface area contributed by atoms with E-state index in [0.717, 1.165) is 29.7 Å². The van der Waals surface area contributed by atoms with E-state index >= 15 is 0 Å². The molecule has 1 N–H and O–H groups in total. The van der Waals surface area contributed by atoms with Gasteiger partial charge < -0.3 is 4.90 Å². The van der Waals surface area contributed by atoms with Crippen molar-refractivity contribution in [3.8, 4) is 0 Å². The van der Waals surface area contributed by atoms with Gasteiger partial charge in [-0.15, -0.1) is 0 Å². The van der Waals surface area contributed by atoms with Gasteiger partial charge in [0.05, 0.1) is 6.26 Å². The molecule has 0 radical (unpaired) electrons. The average molecular weight is 319 g/mol. The Bertz CT molecular complexity index is 504. The third-order valence-electron chi connectivity index (χ3n) is 2.74. The molecule has 4 nitrogen and oxygen atoms in total. The third-order valence-corrected chi connectivity index (χ3v) is 4.00. The summed E-state index contributed by atoms with van der Waals surface area (Å²) in [6, 6.07) is 8.06. The van der Waals surface area contributed by atoms with E-state index in [4.69, 9.17) is 0 Å². The molecule has 6 heteroatoms. The lowest BCUT2D eigenvalue weighted by molar-refractivity contribution is 0.567. The maximum absolute atomic E-state index is 11.1. The summed E-state index contributed by atoms with van der Waals surface area (Å²) < 4.78 is 26.0. The molecule has 1 aliphatic heterocycles. The molecular formula is C11H15BrN2O2S. The first-order valence-electron chi connectivity index (χ1n) is 5.42. The number of anilines is 1. The fourth-order valence-corrected chi connectivity index (χ4v) is 3.25. The van der Waals surface area contributed by atoms with E-state index in [1.807, 2.05) is 24.3 Å². The van der Waals surface area contributed by atoms with Crippen molar-refractivity contribution >= 4 is 31.6 Å². The number of hydrogen-bond acceptors (Lipinski definition) is 3. The molecule has 1 aliphatic rings. The molecule has 1 saturated heterocycles. The Labute approximate surface area is 110 Å². The molecular weight excluding hydrogens is 304 g/mol. The van der Waals surface area contributed by atoms with Crippen LogP contribution in [-0.4, -0.2) is 33.8 Å². The first-order valence-corrected chi connectivity index (χ1v) is 8.10. The highest BCUT2D eigenvalue weighted by Crippen LogP contribution is 2.23. The van der Waals surface area contributed by atoms with Gasteiger partial charge in [0, 0.05) is 29.3 Å². The molecule has 1 aromatic carbocycles. The van der Waals surface area contributed by atoms with Crippen LogP contribution < -0.4 is 9.62 Å². The largest absolute Gasteiger partial charge is 0.370 e. The van der Waals surface area contributed by atoms with Crippen LogP contribution in [0.2, 0.25) is 0 Å². The predicted molar refractivity (Wildman–Crippen MR) is 72.7 cm³/mol. The normalized spacial score (nSPS) is 20.8. The van der Waals surface area contributed by atoms with Gasteiger partial charge >= 0.3 is 0 Å². The number of benzene rings is 1.